The van der Waals surface area contributed by atoms with Crippen molar-refractivity contribution in [2.75, 3.05) is 11.8 Å². The Kier molecular flexibility index (Phi) is 4.28. The van der Waals surface area contributed by atoms with Crippen molar-refractivity contribution < 1.29 is 27.4 Å². The van der Waals surface area contributed by atoms with Crippen LogP contribution in [0.1, 0.15) is 16.2 Å². The first-order chi connectivity index (χ1) is 10.7. The van der Waals surface area contributed by atoms with Gasteiger partial charge in [-0.15, -0.1) is 0 Å². The van der Waals surface area contributed by atoms with Crippen LogP contribution in [0, 0.1) is 12.7 Å². The van der Waals surface area contributed by atoms with Crippen LogP contribution in [0.2, 0.25) is 0 Å². The van der Waals surface area contributed by atoms with Gasteiger partial charge >= 0.3 is 5.97 Å². The van der Waals surface area contributed by atoms with E-state index in [1.165, 1.54) is 17.9 Å². The fraction of sp³-hybridized carbons (Fsp3) is 0.231. The van der Waals surface area contributed by atoms with Gasteiger partial charge in [-0.2, -0.15) is 8.42 Å². The van der Waals surface area contributed by atoms with Gasteiger partial charge in [-0.25, -0.2) is 14.2 Å². The first kappa shape index (κ1) is 16.7. The maximum absolute atomic E-state index is 13.8. The molecule has 0 saturated heterocycles. The lowest BCUT2D eigenvalue weighted by Crippen LogP contribution is -2.15. The quantitative estimate of drug-likeness (QED) is 0.848. The third kappa shape index (κ3) is 3.26. The number of carboxylic acids is 1. The summed E-state index contributed by atoms with van der Waals surface area (Å²) in [6, 6.07) is 1.65. The number of benzene rings is 1. The Bertz CT molecular complexity index is 856. The molecule has 0 spiro atoms. The molecule has 0 aliphatic carbocycles. The third-order valence-electron chi connectivity index (χ3n) is 3.13. The number of imidazole rings is 1. The number of hydrogen-bond acceptors (Lipinski definition) is 5. The van der Waals surface area contributed by atoms with Crippen molar-refractivity contribution in [1.82, 2.24) is 9.55 Å². The number of sulfonamides is 1. The number of nitrogens with one attached hydrogen (secondary N) is 1. The Morgan fingerprint density at radius 3 is 2.57 bits per heavy atom. The van der Waals surface area contributed by atoms with Gasteiger partial charge in [0.15, 0.2) is 5.03 Å². The van der Waals surface area contributed by atoms with Crippen LogP contribution in [-0.2, 0) is 17.1 Å². The van der Waals surface area contributed by atoms with Crippen LogP contribution in [0.15, 0.2) is 23.4 Å². The molecule has 1 aromatic heterocycles. The molecule has 124 valence electrons. The number of rotatable bonds is 5. The van der Waals surface area contributed by atoms with Crippen molar-refractivity contribution in [3.05, 3.63) is 35.5 Å². The van der Waals surface area contributed by atoms with Gasteiger partial charge in [0, 0.05) is 19.3 Å². The van der Waals surface area contributed by atoms with E-state index in [-0.39, 0.29) is 16.5 Å². The van der Waals surface area contributed by atoms with Gasteiger partial charge in [-0.1, -0.05) is 0 Å². The van der Waals surface area contributed by atoms with Crippen LogP contribution in [0.3, 0.4) is 0 Å². The zero-order valence-electron chi connectivity index (χ0n) is 12.5. The van der Waals surface area contributed by atoms with Crippen LogP contribution >= 0.6 is 0 Å². The first-order valence-electron chi connectivity index (χ1n) is 6.29. The molecule has 0 unspecified atom stereocenters. The number of carboxylic acid groups (broad SMARTS) is 1. The second-order valence-corrected chi connectivity index (χ2v) is 6.31. The van der Waals surface area contributed by atoms with Crippen molar-refractivity contribution >= 4 is 21.7 Å². The van der Waals surface area contributed by atoms with E-state index in [1.807, 2.05) is 0 Å². The molecule has 2 rings (SSSR count). The minimum absolute atomic E-state index is 0.125. The zero-order chi connectivity index (χ0) is 17.4. The highest BCUT2D eigenvalue weighted by Gasteiger charge is 2.23. The molecule has 8 nitrogen and oxygen atoms in total. The molecule has 0 bridgehead atoms. The average Bonchev–Trinajstić information content (AvgIpc) is 2.79. The number of aromatic carboxylic acids is 1. The molecule has 0 aliphatic rings. The topological polar surface area (TPSA) is 111 Å². The molecule has 0 atom stereocenters. The van der Waals surface area contributed by atoms with E-state index in [0.29, 0.717) is 5.82 Å². The van der Waals surface area contributed by atoms with Crippen LogP contribution < -0.4 is 9.46 Å². The second-order valence-electron chi connectivity index (χ2n) is 4.68. The van der Waals surface area contributed by atoms with E-state index in [4.69, 9.17) is 9.84 Å². The second kappa shape index (κ2) is 5.88. The molecule has 1 heterocycles. The molecule has 2 N–H and O–H groups in total. The Labute approximate surface area is 131 Å². The number of anilines is 1. The predicted octanol–water partition coefficient (Wildman–Crippen LogP) is 1.38. The normalized spacial score (nSPS) is 11.3. The summed E-state index contributed by atoms with van der Waals surface area (Å²) in [5.74, 6) is -2.23. The maximum atomic E-state index is 13.8. The van der Waals surface area contributed by atoms with E-state index >= 15 is 0 Å². The molecule has 0 aliphatic heterocycles. The summed E-state index contributed by atoms with van der Waals surface area (Å²) < 4.78 is 46.9. The molecule has 0 saturated carbocycles. The van der Waals surface area contributed by atoms with Crippen LogP contribution in [0.25, 0.3) is 0 Å². The number of ether oxygens (including phenoxy) is 1. The highest BCUT2D eigenvalue weighted by Crippen LogP contribution is 2.30. The molecular formula is C13H14FN3O5S. The average molecular weight is 343 g/mol. The first-order valence-corrected chi connectivity index (χ1v) is 7.77. The highest BCUT2D eigenvalue weighted by atomic mass is 32.2. The molecule has 10 heteroatoms. The van der Waals surface area contributed by atoms with Crippen LogP contribution in [-0.4, -0.2) is 36.2 Å². The molecule has 23 heavy (non-hydrogen) atoms. The number of halogens is 1. The monoisotopic (exact) mass is 343 g/mol. The van der Waals surface area contributed by atoms with E-state index < -0.39 is 27.4 Å². The lowest BCUT2D eigenvalue weighted by molar-refractivity contribution is 0.0691. The summed E-state index contributed by atoms with van der Waals surface area (Å²) in [5.41, 5.74) is -0.850. The predicted molar refractivity (Wildman–Crippen MR) is 78.7 cm³/mol. The summed E-state index contributed by atoms with van der Waals surface area (Å²) in [5, 5.41) is 8.63. The lowest BCUT2D eigenvalue weighted by atomic mass is 10.2. The number of nitrogens with zero attached hydrogens (tertiary/aromatic N) is 2. The lowest BCUT2D eigenvalue weighted by Gasteiger charge is -2.12. The molecule has 1 aromatic carbocycles. The molecular weight excluding hydrogens is 329 g/mol. The summed E-state index contributed by atoms with van der Waals surface area (Å²) in [4.78, 5) is 14.8. The van der Waals surface area contributed by atoms with Gasteiger partial charge in [-0.05, 0) is 13.0 Å². The summed E-state index contributed by atoms with van der Waals surface area (Å²) in [6.07, 6.45) is 1.30. The van der Waals surface area contributed by atoms with Crippen molar-refractivity contribution in [2.24, 2.45) is 7.05 Å². The molecule has 0 amide bonds. The van der Waals surface area contributed by atoms with E-state index in [9.17, 15) is 17.6 Å². The minimum atomic E-state index is -4.07. The fourth-order valence-corrected chi connectivity index (χ4v) is 2.92. The zero-order valence-corrected chi connectivity index (χ0v) is 13.3. The molecule has 0 radical (unpaired) electrons. The largest absolute Gasteiger partial charge is 0.495 e. The number of aryl methyl sites for hydroxylation is 2. The van der Waals surface area contributed by atoms with E-state index in [2.05, 4.69) is 9.71 Å². The number of aromatic nitrogens is 2. The van der Waals surface area contributed by atoms with Crippen molar-refractivity contribution in [2.45, 2.75) is 11.9 Å². The van der Waals surface area contributed by atoms with Crippen molar-refractivity contribution in [1.29, 1.82) is 0 Å². The SMILES string of the molecule is COc1cc(C(=O)O)c(F)cc1NS(=O)(=O)c1cn(C)c(C)n1. The van der Waals surface area contributed by atoms with Gasteiger partial charge in [0.25, 0.3) is 10.0 Å². The van der Waals surface area contributed by atoms with Gasteiger partial charge < -0.3 is 14.4 Å². The number of hydrogen-bond donors (Lipinski definition) is 2. The molecule has 0 fully saturated rings. The minimum Gasteiger partial charge on any atom is -0.495 e. The maximum Gasteiger partial charge on any atom is 0.338 e. The van der Waals surface area contributed by atoms with Crippen LogP contribution in [0.5, 0.6) is 5.75 Å². The number of methoxy groups -OCH3 is 1. The smallest absolute Gasteiger partial charge is 0.338 e. The van der Waals surface area contributed by atoms with Crippen molar-refractivity contribution in [3.63, 3.8) is 0 Å². The third-order valence-corrected chi connectivity index (χ3v) is 4.36. The highest BCUT2D eigenvalue weighted by molar-refractivity contribution is 7.92. The van der Waals surface area contributed by atoms with E-state index in [1.54, 1.807) is 14.0 Å². The number of carbonyl (C=O) groups is 1. The summed E-state index contributed by atoms with van der Waals surface area (Å²) in [6.45, 7) is 1.63. The Balaban J connectivity index is 2.46. The molecule has 2 aromatic rings. The van der Waals surface area contributed by atoms with E-state index in [0.717, 1.165) is 12.1 Å². The van der Waals surface area contributed by atoms with Crippen molar-refractivity contribution in [3.8, 4) is 5.75 Å². The van der Waals surface area contributed by atoms with Gasteiger partial charge in [-0.3, -0.25) is 4.72 Å². The van der Waals surface area contributed by atoms with Gasteiger partial charge in [0.05, 0.1) is 18.4 Å². The van der Waals surface area contributed by atoms with Crippen LogP contribution in [0.4, 0.5) is 10.1 Å². The fourth-order valence-electron chi connectivity index (χ4n) is 1.82. The van der Waals surface area contributed by atoms with Gasteiger partial charge in [0.2, 0.25) is 0 Å². The Morgan fingerprint density at radius 1 is 1.43 bits per heavy atom. The standard InChI is InChI=1S/C13H14FN3O5S/c1-7-15-12(6-17(7)2)23(20,21)16-10-5-9(14)8(13(18)19)4-11(10)22-3/h4-6,16H,1-3H3,(H,18,19). The summed E-state index contributed by atoms with van der Waals surface area (Å²) in [7, 11) is -1.24. The Hall–Kier alpha value is -2.62. The van der Waals surface area contributed by atoms with Gasteiger partial charge in [0.1, 0.15) is 17.4 Å². The Morgan fingerprint density at radius 2 is 2.09 bits per heavy atom. The summed E-state index contributed by atoms with van der Waals surface area (Å²) >= 11 is 0.